The van der Waals surface area contributed by atoms with Gasteiger partial charge in [-0.3, -0.25) is 18.5 Å². The van der Waals surface area contributed by atoms with Crippen LogP contribution in [0, 0.1) is 18.8 Å². The monoisotopic (exact) mass is 491 g/mol. The Hall–Kier alpha value is -5.11. The zero-order chi connectivity index (χ0) is 25.7. The molecule has 0 spiro atoms. The van der Waals surface area contributed by atoms with Gasteiger partial charge in [0.1, 0.15) is 11.3 Å². The van der Waals surface area contributed by atoms with Crippen molar-refractivity contribution in [3.05, 3.63) is 80.9 Å². The third-order valence-corrected chi connectivity index (χ3v) is 6.31. The van der Waals surface area contributed by atoms with Gasteiger partial charge in [-0.1, -0.05) is 41.5 Å². The number of nitrogens with zero attached hydrogens (tertiary/aromatic N) is 9. The molecule has 4 aromatic heterocycles. The van der Waals surface area contributed by atoms with Crippen molar-refractivity contribution < 1.29 is 0 Å². The van der Waals surface area contributed by atoms with Crippen molar-refractivity contribution in [2.45, 2.75) is 26.9 Å². The number of para-hydroxylation sites is 2. The lowest BCUT2D eigenvalue weighted by molar-refractivity contribution is 0.633. The van der Waals surface area contributed by atoms with Crippen LogP contribution in [0.25, 0.3) is 39.0 Å². The highest BCUT2D eigenvalue weighted by Crippen LogP contribution is 2.20. The van der Waals surface area contributed by atoms with E-state index in [1.807, 2.05) is 55.5 Å². The number of fused-ring (bicyclic) bond motifs is 3. The van der Waals surface area contributed by atoms with E-state index >= 15 is 0 Å². The average Bonchev–Trinajstić information content (AvgIpc) is 3.50. The fourth-order valence-electron chi connectivity index (χ4n) is 4.49. The highest BCUT2D eigenvalue weighted by molar-refractivity contribution is 5.80. The SMILES string of the molecule is CC#CCn1c(-n2nnc3ccccc32)nc2c1c(=O)n(Cc1nc(C)c3ccccc3n1)c(=O)n2C. The zero-order valence-corrected chi connectivity index (χ0v) is 20.4. The van der Waals surface area contributed by atoms with E-state index in [0.29, 0.717) is 22.8 Å². The predicted molar refractivity (Wildman–Crippen MR) is 138 cm³/mol. The number of benzene rings is 2. The lowest BCUT2D eigenvalue weighted by Gasteiger charge is -2.10. The molecule has 0 aliphatic rings. The van der Waals surface area contributed by atoms with Gasteiger partial charge in [0.25, 0.3) is 5.56 Å². The molecule has 6 rings (SSSR count). The van der Waals surface area contributed by atoms with E-state index in [9.17, 15) is 9.59 Å². The van der Waals surface area contributed by atoms with Gasteiger partial charge in [0.05, 0.1) is 24.1 Å². The molecule has 0 N–H and O–H groups in total. The summed E-state index contributed by atoms with van der Waals surface area (Å²) >= 11 is 0. The second kappa shape index (κ2) is 8.53. The van der Waals surface area contributed by atoms with E-state index in [4.69, 9.17) is 0 Å². The fourth-order valence-corrected chi connectivity index (χ4v) is 4.49. The lowest BCUT2D eigenvalue weighted by atomic mass is 10.2. The number of rotatable bonds is 4. The molecular formula is C26H21N9O2. The molecule has 0 unspecified atom stereocenters. The largest absolute Gasteiger partial charge is 0.332 e. The standard InChI is InChI=1S/C26H21N9O2/c1-4-5-14-33-22-23(29-25(33)35-20-13-9-8-12-19(20)30-31-35)32(3)26(37)34(24(22)36)15-21-27-16(2)17-10-6-7-11-18(17)28-21/h6-13H,14-15H2,1-3H3. The van der Waals surface area contributed by atoms with Crippen LogP contribution in [-0.4, -0.2) is 43.6 Å². The molecule has 0 aliphatic heterocycles. The lowest BCUT2D eigenvalue weighted by Crippen LogP contribution is -2.40. The molecule has 0 saturated heterocycles. The van der Waals surface area contributed by atoms with Gasteiger partial charge in [-0.2, -0.15) is 9.67 Å². The summed E-state index contributed by atoms with van der Waals surface area (Å²) in [5, 5.41) is 9.39. The molecule has 0 aliphatic carbocycles. The molecule has 0 fully saturated rings. The number of hydrogen-bond acceptors (Lipinski definition) is 7. The van der Waals surface area contributed by atoms with Crippen LogP contribution in [0.4, 0.5) is 0 Å². The number of aromatic nitrogens is 9. The van der Waals surface area contributed by atoms with E-state index in [1.165, 1.54) is 4.57 Å². The minimum Gasteiger partial charge on any atom is -0.291 e. The Morgan fingerprint density at radius 2 is 1.68 bits per heavy atom. The van der Waals surface area contributed by atoms with E-state index in [2.05, 4.69) is 37.1 Å². The summed E-state index contributed by atoms with van der Waals surface area (Å²) in [6, 6.07) is 15.1. The van der Waals surface area contributed by atoms with E-state index < -0.39 is 11.2 Å². The quantitative estimate of drug-likeness (QED) is 0.346. The summed E-state index contributed by atoms with van der Waals surface area (Å²) in [5.74, 6) is 6.58. The van der Waals surface area contributed by atoms with Gasteiger partial charge in [-0.25, -0.2) is 14.8 Å². The second-order valence-corrected chi connectivity index (χ2v) is 8.56. The van der Waals surface area contributed by atoms with Gasteiger partial charge in [-0.15, -0.1) is 11.0 Å². The van der Waals surface area contributed by atoms with Gasteiger partial charge in [0.15, 0.2) is 11.2 Å². The Balaban J connectivity index is 1.60. The topological polar surface area (TPSA) is 118 Å². The number of imidazole rings is 1. The maximum atomic E-state index is 13.8. The highest BCUT2D eigenvalue weighted by Gasteiger charge is 2.23. The molecule has 0 atom stereocenters. The Morgan fingerprint density at radius 1 is 0.919 bits per heavy atom. The molecular weight excluding hydrogens is 470 g/mol. The number of hydrogen-bond donors (Lipinski definition) is 0. The summed E-state index contributed by atoms with van der Waals surface area (Å²) in [4.78, 5) is 41.0. The molecule has 11 nitrogen and oxygen atoms in total. The van der Waals surface area contributed by atoms with Gasteiger partial charge >= 0.3 is 5.69 Å². The molecule has 0 radical (unpaired) electrons. The summed E-state index contributed by atoms with van der Waals surface area (Å²) in [6.45, 7) is 3.69. The normalized spacial score (nSPS) is 11.3. The van der Waals surface area contributed by atoms with Crippen LogP contribution in [0.5, 0.6) is 0 Å². The first-order valence-corrected chi connectivity index (χ1v) is 11.6. The predicted octanol–water partition coefficient (Wildman–Crippen LogP) is 1.95. The van der Waals surface area contributed by atoms with Crippen LogP contribution in [0.1, 0.15) is 18.4 Å². The molecule has 2 aromatic carbocycles. The molecule has 11 heteroatoms. The summed E-state index contributed by atoms with van der Waals surface area (Å²) in [7, 11) is 1.58. The van der Waals surface area contributed by atoms with Gasteiger partial charge in [-0.05, 0) is 32.0 Å². The van der Waals surface area contributed by atoms with Crippen LogP contribution < -0.4 is 11.2 Å². The molecule has 4 heterocycles. The van der Waals surface area contributed by atoms with Crippen LogP contribution in [-0.2, 0) is 20.1 Å². The van der Waals surface area contributed by atoms with Crippen molar-refractivity contribution in [2.24, 2.45) is 7.05 Å². The maximum absolute atomic E-state index is 13.8. The molecule has 182 valence electrons. The van der Waals surface area contributed by atoms with E-state index in [0.717, 1.165) is 21.2 Å². The Bertz CT molecular complexity index is 2030. The van der Waals surface area contributed by atoms with Crippen LogP contribution >= 0.6 is 0 Å². The van der Waals surface area contributed by atoms with Gasteiger partial charge in [0, 0.05) is 18.1 Å². The summed E-state index contributed by atoms with van der Waals surface area (Å²) in [5.41, 5.74) is 2.36. The smallest absolute Gasteiger partial charge is 0.291 e. The van der Waals surface area contributed by atoms with Crippen molar-refractivity contribution in [2.75, 3.05) is 0 Å². The Kier molecular flexibility index (Phi) is 5.15. The highest BCUT2D eigenvalue weighted by atomic mass is 16.2. The van der Waals surface area contributed by atoms with E-state index in [1.54, 1.807) is 23.2 Å². The van der Waals surface area contributed by atoms with Crippen molar-refractivity contribution >= 4 is 33.1 Å². The molecule has 0 saturated carbocycles. The average molecular weight is 492 g/mol. The number of aryl methyl sites for hydroxylation is 2. The van der Waals surface area contributed by atoms with Gasteiger partial charge < -0.3 is 0 Å². The van der Waals surface area contributed by atoms with Crippen molar-refractivity contribution in [1.29, 1.82) is 0 Å². The van der Waals surface area contributed by atoms with Crippen molar-refractivity contribution in [3.8, 4) is 17.8 Å². The maximum Gasteiger partial charge on any atom is 0.332 e. The first-order chi connectivity index (χ1) is 18.0. The summed E-state index contributed by atoms with van der Waals surface area (Å²) < 4.78 is 5.70. The molecule has 37 heavy (non-hydrogen) atoms. The third kappa shape index (κ3) is 3.49. The van der Waals surface area contributed by atoms with Crippen molar-refractivity contribution in [3.63, 3.8) is 0 Å². The third-order valence-electron chi connectivity index (χ3n) is 6.31. The van der Waals surface area contributed by atoms with Crippen LogP contribution in [0.3, 0.4) is 0 Å². The summed E-state index contributed by atoms with van der Waals surface area (Å²) in [6.07, 6.45) is 0. The van der Waals surface area contributed by atoms with E-state index in [-0.39, 0.29) is 24.3 Å². The molecule has 6 aromatic rings. The molecule has 0 amide bonds. The van der Waals surface area contributed by atoms with Crippen LogP contribution in [0.15, 0.2) is 58.1 Å². The first-order valence-electron chi connectivity index (χ1n) is 11.6. The zero-order valence-electron chi connectivity index (χ0n) is 20.4. The Labute approximate surface area is 209 Å². The Morgan fingerprint density at radius 3 is 2.49 bits per heavy atom. The minimum atomic E-state index is -0.520. The van der Waals surface area contributed by atoms with Crippen molar-refractivity contribution in [1.82, 2.24) is 43.6 Å². The van der Waals surface area contributed by atoms with Gasteiger partial charge in [0.2, 0.25) is 5.95 Å². The molecule has 0 bridgehead atoms. The van der Waals surface area contributed by atoms with Crippen LogP contribution in [0.2, 0.25) is 0 Å². The second-order valence-electron chi connectivity index (χ2n) is 8.56. The first kappa shape index (κ1) is 22.4. The fraction of sp³-hybridized carbons (Fsp3) is 0.192. The minimum absolute atomic E-state index is 0.0840.